The van der Waals surface area contributed by atoms with Gasteiger partial charge in [0.05, 0.1) is 14.2 Å². The molecule has 4 aromatic carbocycles. The molecule has 1 heterocycles. The first-order chi connectivity index (χ1) is 20.0. The first-order valence-corrected chi connectivity index (χ1v) is 17.5. The third-order valence-electron chi connectivity index (χ3n) is 7.95. The van der Waals surface area contributed by atoms with E-state index in [1.54, 1.807) is 14.2 Å². The molecule has 0 spiro atoms. The van der Waals surface area contributed by atoms with Crippen molar-refractivity contribution in [3.8, 4) is 11.5 Å². The molecular formula is C36H43NO2P2. The van der Waals surface area contributed by atoms with Gasteiger partial charge < -0.3 is 9.47 Å². The van der Waals surface area contributed by atoms with Gasteiger partial charge in [-0.05, 0) is 98.3 Å². The molecule has 0 N–H and O–H groups in total. The molecule has 5 rings (SSSR count). The van der Waals surface area contributed by atoms with E-state index in [9.17, 15) is 0 Å². The molecule has 2 atom stereocenters. The van der Waals surface area contributed by atoms with Gasteiger partial charge in [-0.25, -0.2) is 0 Å². The summed E-state index contributed by atoms with van der Waals surface area (Å²) in [7, 11) is 2.27. The number of nitrogens with zero attached hydrogens (tertiary/aromatic N) is 1. The van der Waals surface area contributed by atoms with Gasteiger partial charge in [-0.1, -0.05) is 86.1 Å². The van der Waals surface area contributed by atoms with Crippen molar-refractivity contribution in [1.82, 2.24) is 4.44 Å². The molecule has 1 aliphatic rings. The Morgan fingerprint density at radius 3 is 1.59 bits per heavy atom. The summed E-state index contributed by atoms with van der Waals surface area (Å²) in [5.74, 6) is 1.92. The first-order valence-electron chi connectivity index (χ1n) is 14.8. The minimum Gasteiger partial charge on any atom is -0.497 e. The van der Waals surface area contributed by atoms with E-state index in [-0.39, 0.29) is 0 Å². The fraction of sp³-hybridized carbons (Fsp3) is 0.333. The molecule has 0 radical (unpaired) electrons. The fourth-order valence-electron chi connectivity index (χ4n) is 6.10. The van der Waals surface area contributed by atoms with Crippen LogP contribution in [0.2, 0.25) is 0 Å². The summed E-state index contributed by atoms with van der Waals surface area (Å²) in [6, 6.07) is 36.2. The minimum absolute atomic E-state index is 0.463. The topological polar surface area (TPSA) is 21.7 Å². The van der Waals surface area contributed by atoms with Crippen LogP contribution in [-0.2, 0) is 0 Å². The minimum atomic E-state index is -0.709. The Bertz CT molecular complexity index is 1310. The lowest BCUT2D eigenvalue weighted by molar-refractivity contribution is 0.413. The standard InChI is InChI=1S/C36H43NO2P2/c1-6-7-20-37(40(33-14-10-8-11-15-33)34-16-12-9-13-17-34)41-35(29-21-27(2)23-31(25-29)38-4)18-19-36(41)30-22-28(3)24-32(26-30)39-5/h8-17,21-26,35-36H,6-7,18-20H2,1-5H3/t35-,36-/m0/s1. The largest absolute Gasteiger partial charge is 0.497 e. The summed E-state index contributed by atoms with van der Waals surface area (Å²) in [5, 5.41) is 2.86. The van der Waals surface area contributed by atoms with Crippen LogP contribution in [0.25, 0.3) is 0 Å². The van der Waals surface area contributed by atoms with E-state index < -0.39 is 16.1 Å². The quantitative estimate of drug-likeness (QED) is 0.164. The highest BCUT2D eigenvalue weighted by atomic mass is 31.2. The van der Waals surface area contributed by atoms with E-state index in [0.717, 1.165) is 18.0 Å². The lowest BCUT2D eigenvalue weighted by atomic mass is 10.0. The average molecular weight is 584 g/mol. The molecule has 3 nitrogen and oxygen atoms in total. The van der Waals surface area contributed by atoms with Crippen LogP contribution in [0, 0.1) is 13.8 Å². The lowest BCUT2D eigenvalue weighted by Crippen LogP contribution is -2.27. The number of ether oxygens (including phenoxy) is 2. The van der Waals surface area contributed by atoms with Crippen molar-refractivity contribution in [2.75, 3.05) is 20.8 Å². The molecule has 5 heteroatoms. The normalized spacial score (nSPS) is 17.3. The second kappa shape index (κ2) is 14.0. The molecule has 1 fully saturated rings. The third kappa shape index (κ3) is 6.86. The van der Waals surface area contributed by atoms with E-state index in [1.807, 2.05) is 0 Å². The molecule has 1 saturated heterocycles. The van der Waals surface area contributed by atoms with E-state index in [0.29, 0.717) is 11.3 Å². The summed E-state index contributed by atoms with van der Waals surface area (Å²) in [6.07, 6.45) is 4.71. The maximum absolute atomic E-state index is 5.78. The summed E-state index contributed by atoms with van der Waals surface area (Å²) in [5.41, 5.74) is 6.31. The van der Waals surface area contributed by atoms with Gasteiger partial charge in [0.2, 0.25) is 0 Å². The molecular weight excluding hydrogens is 540 g/mol. The van der Waals surface area contributed by atoms with Crippen LogP contribution in [0.5, 0.6) is 11.5 Å². The van der Waals surface area contributed by atoms with Gasteiger partial charge in [-0.15, -0.1) is 0 Å². The smallest absolute Gasteiger partial charge is 0.119 e. The number of methoxy groups -OCH3 is 2. The van der Waals surface area contributed by atoms with Crippen molar-refractivity contribution in [1.29, 1.82) is 0 Å². The molecule has 0 unspecified atom stereocenters. The van der Waals surface area contributed by atoms with Gasteiger partial charge >= 0.3 is 0 Å². The monoisotopic (exact) mass is 583 g/mol. The zero-order chi connectivity index (χ0) is 28.8. The SMILES string of the molecule is CCCCN(P(c1ccccc1)c1ccccc1)P1[C@H](c2cc(C)cc(OC)c2)CC[C@H]1c1cc(C)cc(OC)c1. The predicted octanol–water partition coefficient (Wildman–Crippen LogP) is 9.44. The van der Waals surface area contributed by atoms with Gasteiger partial charge in [0.1, 0.15) is 11.5 Å². The van der Waals surface area contributed by atoms with Crippen molar-refractivity contribution in [2.45, 2.75) is 57.8 Å². The number of rotatable bonds is 11. The van der Waals surface area contributed by atoms with E-state index in [4.69, 9.17) is 9.47 Å². The second-order valence-electron chi connectivity index (χ2n) is 11.0. The Balaban J connectivity index is 1.71. The zero-order valence-electron chi connectivity index (χ0n) is 25.1. The van der Waals surface area contributed by atoms with Crippen LogP contribution in [0.1, 0.15) is 66.2 Å². The molecule has 214 valence electrons. The van der Waals surface area contributed by atoms with Crippen molar-refractivity contribution < 1.29 is 9.47 Å². The lowest BCUT2D eigenvalue weighted by Gasteiger charge is -2.42. The fourth-order valence-corrected chi connectivity index (χ4v) is 13.6. The summed E-state index contributed by atoms with van der Waals surface area (Å²) in [4.78, 5) is 0. The Hall–Kier alpha value is -2.70. The van der Waals surface area contributed by atoms with Crippen LogP contribution in [0.3, 0.4) is 0 Å². The number of unbranched alkanes of at least 4 members (excludes halogenated alkanes) is 1. The van der Waals surface area contributed by atoms with Gasteiger partial charge in [0.15, 0.2) is 0 Å². The third-order valence-corrected chi connectivity index (χ3v) is 14.5. The highest BCUT2D eigenvalue weighted by Crippen LogP contribution is 2.76. The maximum atomic E-state index is 5.78. The number of hydrogen-bond acceptors (Lipinski definition) is 3. The molecule has 0 bridgehead atoms. The van der Waals surface area contributed by atoms with Crippen molar-refractivity contribution in [2.24, 2.45) is 0 Å². The Morgan fingerprint density at radius 1 is 0.707 bits per heavy atom. The van der Waals surface area contributed by atoms with Crippen molar-refractivity contribution in [3.05, 3.63) is 119 Å². The Kier molecular flexibility index (Phi) is 10.2. The Labute approximate surface area is 249 Å². The molecule has 41 heavy (non-hydrogen) atoms. The predicted molar refractivity (Wildman–Crippen MR) is 178 cm³/mol. The van der Waals surface area contributed by atoms with Crippen LogP contribution < -0.4 is 20.1 Å². The van der Waals surface area contributed by atoms with Crippen LogP contribution in [-0.4, -0.2) is 25.2 Å². The summed E-state index contributed by atoms with van der Waals surface area (Å²) in [6.45, 7) is 7.80. The number of aryl methyl sites for hydroxylation is 2. The van der Waals surface area contributed by atoms with Crippen molar-refractivity contribution in [3.63, 3.8) is 0 Å². The molecule has 4 aromatic rings. The van der Waals surface area contributed by atoms with Gasteiger partial charge in [0.25, 0.3) is 0 Å². The highest BCUT2D eigenvalue weighted by molar-refractivity contribution is 7.79. The first kappa shape index (κ1) is 29.8. The van der Waals surface area contributed by atoms with E-state index >= 15 is 0 Å². The van der Waals surface area contributed by atoms with Crippen LogP contribution >= 0.6 is 16.1 Å². The molecule has 1 aliphatic heterocycles. The summed E-state index contributed by atoms with van der Waals surface area (Å²) >= 11 is 0. The summed E-state index contributed by atoms with van der Waals surface area (Å²) < 4.78 is 14.5. The van der Waals surface area contributed by atoms with Crippen LogP contribution in [0.4, 0.5) is 0 Å². The van der Waals surface area contributed by atoms with Crippen molar-refractivity contribution >= 4 is 26.8 Å². The second-order valence-corrected chi connectivity index (χ2v) is 15.9. The van der Waals surface area contributed by atoms with Gasteiger partial charge in [0, 0.05) is 25.9 Å². The molecule has 0 amide bonds. The maximum Gasteiger partial charge on any atom is 0.119 e. The van der Waals surface area contributed by atoms with Gasteiger partial charge in [-0.2, -0.15) is 0 Å². The average Bonchev–Trinajstić information content (AvgIpc) is 3.44. The van der Waals surface area contributed by atoms with Gasteiger partial charge in [-0.3, -0.25) is 4.44 Å². The highest BCUT2D eigenvalue weighted by Gasteiger charge is 2.44. The zero-order valence-corrected chi connectivity index (χ0v) is 26.9. The van der Waals surface area contributed by atoms with E-state index in [2.05, 4.69) is 122 Å². The number of hydrogen-bond donors (Lipinski definition) is 0. The molecule has 0 aromatic heterocycles. The number of benzene rings is 4. The van der Waals surface area contributed by atoms with E-state index in [1.165, 1.54) is 58.5 Å². The Morgan fingerprint density at radius 2 is 1.17 bits per heavy atom. The molecule has 0 saturated carbocycles. The van der Waals surface area contributed by atoms with Crippen LogP contribution in [0.15, 0.2) is 97.1 Å². The molecule has 0 aliphatic carbocycles.